The molecular formula is C8H19NO. The molecule has 10 heavy (non-hydrogen) atoms. The van der Waals surface area contributed by atoms with Crippen molar-refractivity contribution in [2.24, 2.45) is 0 Å². The molecule has 0 spiro atoms. The topological polar surface area (TPSA) is 29.1 Å². The molecule has 62 valence electrons. The molecule has 1 aliphatic heterocycles. The van der Waals surface area contributed by atoms with E-state index in [-0.39, 0.29) is 13.3 Å². The Morgan fingerprint density at radius 2 is 2.20 bits per heavy atom. The van der Waals surface area contributed by atoms with E-state index < -0.39 is 0 Å². The van der Waals surface area contributed by atoms with E-state index >= 15 is 0 Å². The van der Waals surface area contributed by atoms with Gasteiger partial charge in [0.1, 0.15) is 5.78 Å². The normalized spacial score (nSPS) is 23.3. The summed E-state index contributed by atoms with van der Waals surface area (Å²) >= 11 is 0. The van der Waals surface area contributed by atoms with Crippen molar-refractivity contribution < 1.29 is 6.22 Å². The lowest BCUT2D eigenvalue weighted by molar-refractivity contribution is -0.118. The van der Waals surface area contributed by atoms with Crippen LogP contribution in [0.15, 0.2) is 0 Å². The fourth-order valence-corrected chi connectivity index (χ4v) is 1.03. The molecule has 1 atom stereocenters. The molecule has 0 unspecified atom stereocenters. The van der Waals surface area contributed by atoms with Crippen LogP contribution in [0.1, 0.15) is 35.0 Å². The lowest BCUT2D eigenvalue weighted by Gasteiger charge is -2.01. The number of hydrogen-bond acceptors (Lipinski definition) is 2. The van der Waals surface area contributed by atoms with E-state index in [1.54, 1.807) is 6.92 Å². The lowest BCUT2D eigenvalue weighted by Crippen LogP contribution is -2.28. The van der Waals surface area contributed by atoms with Crippen molar-refractivity contribution in [1.82, 2.24) is 5.32 Å². The summed E-state index contributed by atoms with van der Waals surface area (Å²) in [6, 6.07) is 0.176. The van der Waals surface area contributed by atoms with Crippen LogP contribution in [-0.4, -0.2) is 18.4 Å². The summed E-state index contributed by atoms with van der Waals surface area (Å²) in [5.74, 6) is 0.280. The molecule has 0 aromatic carbocycles. The number of carbonyl (C=O) groups is 1. The molecule has 1 N–H and O–H groups in total. The number of nitrogens with one attached hydrogen (secondary N) is 1. The molecule has 2 nitrogen and oxygen atoms in total. The maximum atomic E-state index is 10.6. The Bertz CT molecular complexity index is 100. The van der Waals surface area contributed by atoms with Gasteiger partial charge in [-0.25, -0.2) is 0 Å². The summed E-state index contributed by atoms with van der Waals surface area (Å²) in [4.78, 5) is 10.6. The Hall–Kier alpha value is -0.370. The minimum Gasteiger partial charge on any atom is -0.307 e. The fourth-order valence-electron chi connectivity index (χ4n) is 1.03. The van der Waals surface area contributed by atoms with Gasteiger partial charge in [0.05, 0.1) is 6.04 Å². The SMILES string of the molecule is CC.CC(=O)[C@@H]1CCCN1.[HH]. The second kappa shape index (κ2) is 5.42. The predicted octanol–water partition coefficient (Wildman–Crippen LogP) is 1.60. The Kier molecular flexibility index (Phi) is 5.22. The Morgan fingerprint density at radius 3 is 2.40 bits per heavy atom. The molecule has 0 amide bonds. The van der Waals surface area contributed by atoms with Gasteiger partial charge in [-0.05, 0) is 26.3 Å². The Morgan fingerprint density at radius 1 is 1.60 bits per heavy atom. The first-order valence-corrected chi connectivity index (χ1v) is 4.04. The van der Waals surface area contributed by atoms with Gasteiger partial charge >= 0.3 is 0 Å². The average Bonchev–Trinajstić information content (AvgIpc) is 2.42. The van der Waals surface area contributed by atoms with Crippen LogP contribution in [0.3, 0.4) is 0 Å². The van der Waals surface area contributed by atoms with Crippen molar-refractivity contribution >= 4 is 5.78 Å². The van der Waals surface area contributed by atoms with Crippen LogP contribution < -0.4 is 5.32 Å². The van der Waals surface area contributed by atoms with Crippen molar-refractivity contribution in [2.45, 2.75) is 39.7 Å². The van der Waals surface area contributed by atoms with Gasteiger partial charge in [0, 0.05) is 1.43 Å². The molecular weight excluding hydrogens is 126 g/mol. The molecule has 1 aliphatic rings. The van der Waals surface area contributed by atoms with E-state index in [4.69, 9.17) is 0 Å². The van der Waals surface area contributed by atoms with Crippen molar-refractivity contribution in [3.05, 3.63) is 0 Å². The van der Waals surface area contributed by atoms with E-state index in [1.165, 1.54) is 0 Å². The molecule has 1 fully saturated rings. The molecule has 0 aromatic rings. The smallest absolute Gasteiger partial charge is 0.146 e. The largest absolute Gasteiger partial charge is 0.307 e. The third kappa shape index (κ3) is 2.97. The molecule has 0 bridgehead atoms. The number of ketones is 1. The van der Waals surface area contributed by atoms with Crippen molar-refractivity contribution in [1.29, 1.82) is 0 Å². The molecule has 0 radical (unpaired) electrons. The zero-order chi connectivity index (χ0) is 7.98. The maximum Gasteiger partial charge on any atom is 0.146 e. The van der Waals surface area contributed by atoms with Gasteiger partial charge in [0.2, 0.25) is 0 Å². The zero-order valence-electron chi connectivity index (χ0n) is 7.11. The first-order valence-electron chi connectivity index (χ1n) is 4.04. The van der Waals surface area contributed by atoms with Crippen molar-refractivity contribution in [2.75, 3.05) is 6.54 Å². The van der Waals surface area contributed by atoms with E-state index in [9.17, 15) is 4.79 Å². The molecule has 1 heterocycles. The highest BCUT2D eigenvalue weighted by Crippen LogP contribution is 2.04. The summed E-state index contributed by atoms with van der Waals surface area (Å²) in [7, 11) is 0. The molecule has 0 aromatic heterocycles. The summed E-state index contributed by atoms with van der Waals surface area (Å²) in [5, 5.41) is 3.11. The second-order valence-electron chi connectivity index (χ2n) is 2.26. The quantitative estimate of drug-likeness (QED) is 0.607. The number of hydrogen-bond donors (Lipinski definition) is 1. The van der Waals surface area contributed by atoms with E-state index in [1.807, 2.05) is 13.8 Å². The van der Waals surface area contributed by atoms with Gasteiger partial charge in [-0.3, -0.25) is 4.79 Å². The average molecular weight is 145 g/mol. The number of rotatable bonds is 1. The van der Waals surface area contributed by atoms with Crippen LogP contribution in [-0.2, 0) is 4.79 Å². The molecule has 0 saturated carbocycles. The Balaban J connectivity index is 0. The number of carbonyl (C=O) groups excluding carboxylic acids is 1. The van der Waals surface area contributed by atoms with Gasteiger partial charge in [0.25, 0.3) is 0 Å². The van der Waals surface area contributed by atoms with Crippen LogP contribution in [0.25, 0.3) is 0 Å². The standard InChI is InChI=1S/C6H11NO.C2H6.H2/c1-5(8)6-3-2-4-7-6;1-2;/h6-7H,2-4H2,1H3;1-2H3;1H/t6-;;/m0../s1. The predicted molar refractivity (Wildman–Crippen MR) is 45.2 cm³/mol. The first kappa shape index (κ1) is 9.63. The lowest BCUT2D eigenvalue weighted by atomic mass is 10.2. The van der Waals surface area contributed by atoms with E-state index in [0.717, 1.165) is 19.4 Å². The highest BCUT2D eigenvalue weighted by molar-refractivity contribution is 5.81. The van der Waals surface area contributed by atoms with Crippen LogP contribution in [0.2, 0.25) is 0 Å². The third-order valence-electron chi connectivity index (χ3n) is 1.55. The van der Waals surface area contributed by atoms with Gasteiger partial charge in [0.15, 0.2) is 0 Å². The highest BCUT2D eigenvalue weighted by atomic mass is 16.1. The fraction of sp³-hybridized carbons (Fsp3) is 0.875. The summed E-state index contributed by atoms with van der Waals surface area (Å²) < 4.78 is 0. The van der Waals surface area contributed by atoms with Crippen molar-refractivity contribution in [3.8, 4) is 0 Å². The summed E-state index contributed by atoms with van der Waals surface area (Å²) in [5.41, 5.74) is 0. The Labute approximate surface area is 64.5 Å². The van der Waals surface area contributed by atoms with Gasteiger partial charge in [-0.1, -0.05) is 13.8 Å². The van der Waals surface area contributed by atoms with Crippen LogP contribution >= 0.6 is 0 Å². The van der Waals surface area contributed by atoms with Gasteiger partial charge in [-0.15, -0.1) is 0 Å². The minimum atomic E-state index is 0. The van der Waals surface area contributed by atoms with Gasteiger partial charge in [-0.2, -0.15) is 0 Å². The van der Waals surface area contributed by atoms with Gasteiger partial charge < -0.3 is 5.32 Å². The van der Waals surface area contributed by atoms with Crippen LogP contribution in [0.4, 0.5) is 0 Å². The second-order valence-corrected chi connectivity index (χ2v) is 2.26. The zero-order valence-corrected chi connectivity index (χ0v) is 7.11. The highest BCUT2D eigenvalue weighted by Gasteiger charge is 2.17. The maximum absolute atomic E-state index is 10.6. The molecule has 2 heteroatoms. The van der Waals surface area contributed by atoms with E-state index in [2.05, 4.69) is 5.32 Å². The third-order valence-corrected chi connectivity index (χ3v) is 1.55. The molecule has 0 aliphatic carbocycles. The first-order chi connectivity index (χ1) is 4.80. The summed E-state index contributed by atoms with van der Waals surface area (Å²) in [6.45, 7) is 6.66. The monoisotopic (exact) mass is 145 g/mol. The number of Topliss-reactive ketones (excluding diaryl/α,β-unsaturated/α-hetero) is 1. The molecule has 1 rings (SSSR count). The van der Waals surface area contributed by atoms with Crippen LogP contribution in [0, 0.1) is 0 Å². The van der Waals surface area contributed by atoms with Crippen LogP contribution in [0.5, 0.6) is 0 Å². The minimum absolute atomic E-state index is 0. The van der Waals surface area contributed by atoms with Crippen molar-refractivity contribution in [3.63, 3.8) is 0 Å². The van der Waals surface area contributed by atoms with E-state index in [0.29, 0.717) is 0 Å². The summed E-state index contributed by atoms with van der Waals surface area (Å²) in [6.07, 6.45) is 2.19. The molecule has 1 saturated heterocycles.